The molecule has 160 valence electrons. The van der Waals surface area contributed by atoms with E-state index in [2.05, 4.69) is 0 Å². The van der Waals surface area contributed by atoms with Crippen molar-refractivity contribution < 1.29 is 26.8 Å². The van der Waals surface area contributed by atoms with E-state index in [-0.39, 0.29) is 36.1 Å². The van der Waals surface area contributed by atoms with E-state index in [4.69, 9.17) is 9.15 Å². The highest BCUT2D eigenvalue weighted by Crippen LogP contribution is 2.31. The van der Waals surface area contributed by atoms with Crippen molar-refractivity contribution in [3.63, 3.8) is 0 Å². The van der Waals surface area contributed by atoms with E-state index in [9.17, 15) is 17.6 Å². The first kappa shape index (κ1) is 20.9. The zero-order valence-corrected chi connectivity index (χ0v) is 17.3. The van der Waals surface area contributed by atoms with Crippen molar-refractivity contribution in [3.05, 3.63) is 101 Å². The summed E-state index contributed by atoms with van der Waals surface area (Å²) in [6.07, 6.45) is 1.48. The molecule has 0 saturated heterocycles. The number of carbonyl (C=O) groups is 1. The maximum Gasteiger partial charge on any atom is 0.291 e. The number of carbonyl (C=O) groups excluding carboxylic acids is 1. The molecule has 0 bridgehead atoms. The van der Waals surface area contributed by atoms with Gasteiger partial charge in [0, 0.05) is 6.54 Å². The van der Waals surface area contributed by atoms with Gasteiger partial charge in [0.05, 0.1) is 18.6 Å². The molecule has 0 N–H and O–H groups in total. The number of benzene rings is 2. The Morgan fingerprint density at radius 3 is 2.52 bits per heavy atom. The highest BCUT2D eigenvalue weighted by Gasteiger charge is 2.35. The summed E-state index contributed by atoms with van der Waals surface area (Å²) in [6.45, 7) is -0.00209. The molecule has 1 aromatic heterocycles. The van der Waals surface area contributed by atoms with Gasteiger partial charge in [0.2, 0.25) is 5.76 Å². The van der Waals surface area contributed by atoms with Gasteiger partial charge in [0.15, 0.2) is 9.84 Å². The van der Waals surface area contributed by atoms with E-state index in [1.165, 1.54) is 23.3 Å². The first-order valence-corrected chi connectivity index (χ1v) is 11.3. The molecule has 0 spiro atoms. The lowest BCUT2D eigenvalue weighted by atomic mass is 10.1. The second kappa shape index (κ2) is 8.77. The molecule has 6 nitrogen and oxygen atoms in total. The summed E-state index contributed by atoms with van der Waals surface area (Å²) in [7, 11) is -3.72. The molecule has 4 rings (SSSR count). The maximum absolute atomic E-state index is 13.7. The van der Waals surface area contributed by atoms with Crippen molar-refractivity contribution in [3.8, 4) is 0 Å². The molecule has 2 aromatic carbocycles. The first-order valence-electron chi connectivity index (χ1n) is 9.65. The van der Waals surface area contributed by atoms with Crippen LogP contribution in [0.4, 0.5) is 4.39 Å². The molecular formula is C23H20FNO5S. The van der Waals surface area contributed by atoms with Crippen molar-refractivity contribution >= 4 is 20.6 Å². The van der Waals surface area contributed by atoms with E-state index in [0.29, 0.717) is 16.9 Å². The third-order valence-electron chi connectivity index (χ3n) is 4.82. The second-order valence-corrected chi connectivity index (χ2v) is 9.11. The minimum absolute atomic E-state index is 0.0479. The van der Waals surface area contributed by atoms with E-state index in [0.717, 1.165) is 0 Å². The quantitative estimate of drug-likeness (QED) is 0.582. The van der Waals surface area contributed by atoms with Crippen LogP contribution in [-0.2, 0) is 32.5 Å². The zero-order chi connectivity index (χ0) is 21.8. The zero-order valence-electron chi connectivity index (χ0n) is 16.5. The van der Waals surface area contributed by atoms with Crippen LogP contribution in [0.2, 0.25) is 0 Å². The Morgan fingerprint density at radius 1 is 1.00 bits per heavy atom. The Kier molecular flexibility index (Phi) is 5.90. The van der Waals surface area contributed by atoms with Crippen molar-refractivity contribution in [1.82, 2.24) is 4.90 Å². The third kappa shape index (κ3) is 4.69. The fourth-order valence-electron chi connectivity index (χ4n) is 3.41. The van der Waals surface area contributed by atoms with Crippen LogP contribution < -0.4 is 0 Å². The van der Waals surface area contributed by atoms with Crippen LogP contribution in [0.3, 0.4) is 0 Å². The molecule has 1 amide bonds. The Balaban J connectivity index is 1.77. The third-order valence-corrected chi connectivity index (χ3v) is 6.57. The van der Waals surface area contributed by atoms with Crippen LogP contribution >= 0.6 is 0 Å². The number of hydrogen-bond donors (Lipinski definition) is 0. The van der Waals surface area contributed by atoms with Gasteiger partial charge in [-0.25, -0.2) is 12.8 Å². The number of ether oxygens (including phenoxy) is 1. The summed E-state index contributed by atoms with van der Waals surface area (Å²) in [4.78, 5) is 14.8. The molecule has 2 heterocycles. The topological polar surface area (TPSA) is 76.8 Å². The largest absolute Gasteiger partial charge is 0.486 e. The molecule has 1 aliphatic rings. The molecule has 1 aliphatic heterocycles. The molecule has 0 fully saturated rings. The molecule has 0 saturated carbocycles. The van der Waals surface area contributed by atoms with E-state index < -0.39 is 21.6 Å². The van der Waals surface area contributed by atoms with E-state index in [1.54, 1.807) is 54.6 Å². The molecular weight excluding hydrogens is 421 g/mol. The number of amides is 1. The lowest BCUT2D eigenvalue weighted by molar-refractivity contribution is -0.132. The van der Waals surface area contributed by atoms with Crippen LogP contribution in [0.1, 0.15) is 16.9 Å². The van der Waals surface area contributed by atoms with E-state index in [1.807, 2.05) is 0 Å². The van der Waals surface area contributed by atoms with E-state index >= 15 is 0 Å². The van der Waals surface area contributed by atoms with Crippen molar-refractivity contribution in [1.29, 1.82) is 0 Å². The summed E-state index contributed by atoms with van der Waals surface area (Å²) in [6, 6.07) is 17.7. The molecule has 0 unspecified atom stereocenters. The monoisotopic (exact) mass is 441 g/mol. The summed E-state index contributed by atoms with van der Waals surface area (Å²) in [5.41, 5.74) is 0.940. The summed E-state index contributed by atoms with van der Waals surface area (Å²) >= 11 is 0. The summed E-state index contributed by atoms with van der Waals surface area (Å²) in [5, 5.41) is 0. The lowest BCUT2D eigenvalue weighted by Gasteiger charge is -2.27. The van der Waals surface area contributed by atoms with Crippen molar-refractivity contribution in [2.75, 3.05) is 12.4 Å². The Hall–Kier alpha value is -3.39. The molecule has 0 aliphatic carbocycles. The van der Waals surface area contributed by atoms with Gasteiger partial charge in [0.1, 0.15) is 23.1 Å². The van der Waals surface area contributed by atoms with Gasteiger partial charge in [-0.2, -0.15) is 0 Å². The average Bonchev–Trinajstić information content (AvgIpc) is 3.26. The van der Waals surface area contributed by atoms with Gasteiger partial charge in [-0.1, -0.05) is 42.5 Å². The van der Waals surface area contributed by atoms with Gasteiger partial charge in [0.25, 0.3) is 5.91 Å². The maximum atomic E-state index is 13.7. The van der Waals surface area contributed by atoms with Crippen molar-refractivity contribution in [2.24, 2.45) is 0 Å². The predicted octanol–water partition coefficient (Wildman–Crippen LogP) is 3.76. The molecule has 8 heteroatoms. The number of furan rings is 1. The fourth-order valence-corrected chi connectivity index (χ4v) is 4.84. The summed E-state index contributed by atoms with van der Waals surface area (Å²) in [5.74, 6) is -0.979. The number of hydrogen-bond acceptors (Lipinski definition) is 5. The van der Waals surface area contributed by atoms with Crippen LogP contribution in [0.25, 0.3) is 4.91 Å². The van der Waals surface area contributed by atoms with Crippen molar-refractivity contribution in [2.45, 2.75) is 13.1 Å². The number of rotatable bonds is 6. The molecule has 31 heavy (non-hydrogen) atoms. The summed E-state index contributed by atoms with van der Waals surface area (Å²) < 4.78 is 50.4. The molecule has 0 atom stereocenters. The predicted molar refractivity (Wildman–Crippen MR) is 112 cm³/mol. The van der Waals surface area contributed by atoms with Gasteiger partial charge >= 0.3 is 0 Å². The minimum atomic E-state index is -3.72. The lowest BCUT2D eigenvalue weighted by Crippen LogP contribution is -2.35. The highest BCUT2D eigenvalue weighted by atomic mass is 32.2. The van der Waals surface area contributed by atoms with Gasteiger partial charge < -0.3 is 14.1 Å². The Morgan fingerprint density at radius 2 is 1.81 bits per heavy atom. The van der Waals surface area contributed by atoms with Gasteiger partial charge in [-0.3, -0.25) is 4.79 Å². The van der Waals surface area contributed by atoms with Gasteiger partial charge in [-0.05, 0) is 35.4 Å². The number of sulfone groups is 1. The fraction of sp³-hybridized carbons (Fsp3) is 0.174. The number of nitrogens with zero attached hydrogens (tertiary/aromatic N) is 1. The standard InChI is InChI=1S/C23H20FNO5S/c24-19-9-4-6-17(14-19)15-25(16-20-10-5-11-29-20)23(26)21-22(18-7-2-1-3-8-18)31(27,28)13-12-30-21/h1-11,14H,12-13,15-16H2. The minimum Gasteiger partial charge on any atom is -0.486 e. The van der Waals surface area contributed by atoms with Crippen LogP contribution in [0.15, 0.2) is 83.2 Å². The van der Waals surface area contributed by atoms with Crippen LogP contribution in [-0.4, -0.2) is 31.6 Å². The SMILES string of the molecule is O=C(C1=C(c2ccccc2)S(=O)(=O)CCO1)N(Cc1cccc(F)c1)Cc1ccco1. The van der Waals surface area contributed by atoms with Crippen LogP contribution in [0, 0.1) is 5.82 Å². The van der Waals surface area contributed by atoms with Crippen LogP contribution in [0.5, 0.6) is 0 Å². The first-order chi connectivity index (χ1) is 14.9. The smallest absolute Gasteiger partial charge is 0.291 e. The average molecular weight is 441 g/mol. The Bertz CT molecular complexity index is 1200. The molecule has 3 aromatic rings. The number of halogens is 1. The molecule has 0 radical (unpaired) electrons. The Labute approximate surface area is 179 Å². The second-order valence-electron chi connectivity index (χ2n) is 7.06. The normalized spacial score (nSPS) is 15.4. The highest BCUT2D eigenvalue weighted by molar-refractivity contribution is 8.00. The van der Waals surface area contributed by atoms with Gasteiger partial charge in [-0.15, -0.1) is 0 Å².